The van der Waals surface area contributed by atoms with Gasteiger partial charge in [0.1, 0.15) is 5.82 Å². The van der Waals surface area contributed by atoms with Crippen LogP contribution in [0.2, 0.25) is 0 Å². The summed E-state index contributed by atoms with van der Waals surface area (Å²) >= 11 is 5.01. The smallest absolute Gasteiger partial charge is 0.146 e. The maximum absolute atomic E-state index is 13.4. The Morgan fingerprint density at radius 3 is 2.88 bits per heavy atom. The average molecular weight is 300 g/mol. The van der Waals surface area contributed by atoms with Gasteiger partial charge in [0.15, 0.2) is 0 Å². The van der Waals surface area contributed by atoms with Gasteiger partial charge in [-0.15, -0.1) is 11.3 Å². The molecule has 16 heavy (non-hydrogen) atoms. The number of hydrogen-bond donors (Lipinski definition) is 1. The second-order valence-corrected chi connectivity index (χ2v) is 5.42. The van der Waals surface area contributed by atoms with Crippen molar-refractivity contribution in [2.24, 2.45) is 0 Å². The van der Waals surface area contributed by atoms with E-state index in [2.05, 4.69) is 34.2 Å². The van der Waals surface area contributed by atoms with Crippen LogP contribution in [0.15, 0.2) is 34.1 Å². The Bertz CT molecular complexity index is 496. The number of halogens is 2. The molecule has 0 amide bonds. The first kappa shape index (κ1) is 11.6. The second kappa shape index (κ2) is 4.97. The zero-order chi connectivity index (χ0) is 11.5. The molecule has 0 atom stereocenters. The number of hydrogen-bond acceptors (Lipinski definition) is 2. The van der Waals surface area contributed by atoms with Crippen molar-refractivity contribution in [1.82, 2.24) is 0 Å². The quantitative estimate of drug-likeness (QED) is 0.875. The Morgan fingerprint density at radius 1 is 1.38 bits per heavy atom. The van der Waals surface area contributed by atoms with E-state index in [0.29, 0.717) is 12.2 Å². The Morgan fingerprint density at radius 2 is 2.19 bits per heavy atom. The summed E-state index contributed by atoms with van der Waals surface area (Å²) in [7, 11) is 0. The Kier molecular flexibility index (Phi) is 3.61. The van der Waals surface area contributed by atoms with Crippen LogP contribution in [-0.2, 0) is 6.54 Å². The lowest BCUT2D eigenvalue weighted by Gasteiger charge is -2.07. The molecule has 0 saturated heterocycles. The minimum Gasteiger partial charge on any atom is -0.378 e. The number of rotatable bonds is 3. The fraction of sp³-hybridized carbons (Fsp3) is 0.167. The summed E-state index contributed by atoms with van der Waals surface area (Å²) in [5.41, 5.74) is 1.77. The van der Waals surface area contributed by atoms with Crippen LogP contribution in [0.4, 0.5) is 10.1 Å². The van der Waals surface area contributed by atoms with Crippen LogP contribution >= 0.6 is 27.3 Å². The van der Waals surface area contributed by atoms with E-state index in [0.717, 1.165) is 4.47 Å². The lowest BCUT2D eigenvalue weighted by molar-refractivity contribution is 0.630. The Hall–Kier alpha value is -0.870. The molecule has 84 valence electrons. The van der Waals surface area contributed by atoms with Crippen molar-refractivity contribution in [3.63, 3.8) is 0 Å². The highest BCUT2D eigenvalue weighted by molar-refractivity contribution is 9.10. The normalized spacial score (nSPS) is 10.4. The second-order valence-electron chi connectivity index (χ2n) is 3.50. The van der Waals surface area contributed by atoms with E-state index in [1.807, 2.05) is 5.38 Å². The van der Waals surface area contributed by atoms with E-state index < -0.39 is 0 Å². The fourth-order valence-electron chi connectivity index (χ4n) is 1.39. The Labute approximate surface area is 106 Å². The third-order valence-electron chi connectivity index (χ3n) is 2.34. The largest absolute Gasteiger partial charge is 0.378 e. The van der Waals surface area contributed by atoms with Crippen LogP contribution in [0.25, 0.3) is 0 Å². The van der Waals surface area contributed by atoms with E-state index >= 15 is 0 Å². The van der Waals surface area contributed by atoms with Gasteiger partial charge >= 0.3 is 0 Å². The maximum Gasteiger partial charge on any atom is 0.146 e. The lowest BCUT2D eigenvalue weighted by Crippen LogP contribution is -2.00. The van der Waals surface area contributed by atoms with Crippen molar-refractivity contribution in [3.05, 3.63) is 50.4 Å². The molecule has 0 aliphatic carbocycles. The first-order valence-electron chi connectivity index (χ1n) is 4.88. The summed E-state index contributed by atoms with van der Waals surface area (Å²) in [6.45, 7) is 2.72. The van der Waals surface area contributed by atoms with Gasteiger partial charge in [-0.25, -0.2) is 4.39 Å². The van der Waals surface area contributed by atoms with Crippen LogP contribution in [0.5, 0.6) is 0 Å². The molecule has 1 heterocycles. The molecule has 0 bridgehead atoms. The molecule has 0 spiro atoms. The molecular formula is C12H11BrFNS. The van der Waals surface area contributed by atoms with Crippen molar-refractivity contribution < 1.29 is 4.39 Å². The number of benzene rings is 1. The molecule has 0 aliphatic rings. The van der Waals surface area contributed by atoms with Crippen LogP contribution in [0.3, 0.4) is 0 Å². The zero-order valence-electron chi connectivity index (χ0n) is 8.76. The SMILES string of the molecule is Cc1ccsc1CNc1cc(Br)ccc1F. The maximum atomic E-state index is 13.4. The van der Waals surface area contributed by atoms with E-state index in [1.54, 1.807) is 23.5 Å². The topological polar surface area (TPSA) is 12.0 Å². The average Bonchev–Trinajstić information content (AvgIpc) is 2.66. The zero-order valence-corrected chi connectivity index (χ0v) is 11.2. The summed E-state index contributed by atoms with van der Waals surface area (Å²) in [6.07, 6.45) is 0. The van der Waals surface area contributed by atoms with E-state index in [4.69, 9.17) is 0 Å². The first-order chi connectivity index (χ1) is 7.66. The minimum atomic E-state index is -0.225. The highest BCUT2D eigenvalue weighted by Gasteiger charge is 2.04. The van der Waals surface area contributed by atoms with Crippen LogP contribution in [-0.4, -0.2) is 0 Å². The highest BCUT2D eigenvalue weighted by atomic mass is 79.9. The number of anilines is 1. The molecule has 0 aliphatic heterocycles. The summed E-state index contributed by atoms with van der Waals surface area (Å²) in [6, 6.07) is 6.96. The van der Waals surface area contributed by atoms with Gasteiger partial charge in [0.2, 0.25) is 0 Å². The van der Waals surface area contributed by atoms with Gasteiger partial charge in [-0.1, -0.05) is 15.9 Å². The summed E-state index contributed by atoms with van der Waals surface area (Å²) < 4.78 is 14.3. The van der Waals surface area contributed by atoms with Gasteiger partial charge in [-0.05, 0) is 42.1 Å². The van der Waals surface area contributed by atoms with Crippen molar-refractivity contribution in [1.29, 1.82) is 0 Å². The molecule has 1 nitrogen and oxygen atoms in total. The molecule has 0 radical (unpaired) electrons. The van der Waals surface area contributed by atoms with Gasteiger partial charge in [-0.3, -0.25) is 0 Å². The van der Waals surface area contributed by atoms with Gasteiger partial charge in [0.05, 0.1) is 5.69 Å². The Balaban J connectivity index is 2.10. The third-order valence-corrected chi connectivity index (χ3v) is 3.85. The molecule has 0 saturated carbocycles. The third kappa shape index (κ3) is 2.62. The van der Waals surface area contributed by atoms with E-state index in [9.17, 15) is 4.39 Å². The fourth-order valence-corrected chi connectivity index (χ4v) is 2.60. The van der Waals surface area contributed by atoms with E-state index in [1.165, 1.54) is 16.5 Å². The molecule has 1 aromatic carbocycles. The molecule has 2 aromatic rings. The minimum absolute atomic E-state index is 0.225. The lowest BCUT2D eigenvalue weighted by atomic mass is 10.2. The summed E-state index contributed by atoms with van der Waals surface area (Å²) in [4.78, 5) is 1.24. The molecule has 2 rings (SSSR count). The summed E-state index contributed by atoms with van der Waals surface area (Å²) in [5.74, 6) is -0.225. The van der Waals surface area contributed by atoms with Crippen LogP contribution < -0.4 is 5.32 Å². The van der Waals surface area contributed by atoms with Gasteiger partial charge in [-0.2, -0.15) is 0 Å². The molecule has 0 fully saturated rings. The van der Waals surface area contributed by atoms with Crippen molar-refractivity contribution in [2.75, 3.05) is 5.32 Å². The van der Waals surface area contributed by atoms with E-state index in [-0.39, 0.29) is 5.82 Å². The van der Waals surface area contributed by atoms with Crippen LogP contribution in [0, 0.1) is 12.7 Å². The van der Waals surface area contributed by atoms with Gasteiger partial charge in [0, 0.05) is 15.9 Å². The number of aryl methyl sites for hydroxylation is 1. The van der Waals surface area contributed by atoms with Crippen molar-refractivity contribution >= 4 is 33.0 Å². The standard InChI is InChI=1S/C12H11BrFNS/c1-8-4-5-16-12(8)7-15-11-6-9(13)2-3-10(11)14/h2-6,15H,7H2,1H3. The molecule has 1 aromatic heterocycles. The molecular weight excluding hydrogens is 289 g/mol. The molecule has 1 N–H and O–H groups in total. The van der Waals surface area contributed by atoms with Gasteiger partial charge < -0.3 is 5.32 Å². The predicted molar refractivity (Wildman–Crippen MR) is 70.5 cm³/mol. The molecule has 0 unspecified atom stereocenters. The molecule has 4 heteroatoms. The number of thiophene rings is 1. The number of nitrogens with one attached hydrogen (secondary N) is 1. The highest BCUT2D eigenvalue weighted by Crippen LogP contribution is 2.22. The van der Waals surface area contributed by atoms with Crippen LogP contribution in [0.1, 0.15) is 10.4 Å². The summed E-state index contributed by atoms with van der Waals surface area (Å²) in [5, 5.41) is 5.15. The first-order valence-corrected chi connectivity index (χ1v) is 6.56. The predicted octanol–water partition coefficient (Wildman–Crippen LogP) is 4.57. The van der Waals surface area contributed by atoms with Gasteiger partial charge in [0.25, 0.3) is 0 Å². The monoisotopic (exact) mass is 299 g/mol. The van der Waals surface area contributed by atoms with Crippen molar-refractivity contribution in [2.45, 2.75) is 13.5 Å². The van der Waals surface area contributed by atoms with Crippen molar-refractivity contribution in [3.8, 4) is 0 Å².